The van der Waals surface area contributed by atoms with Gasteiger partial charge in [-0.15, -0.1) is 5.10 Å². The minimum Gasteiger partial charge on any atom is -0.388 e. The number of hydrogen-bond donors (Lipinski definition) is 1. The number of hydrogen-bond acceptors (Lipinski definition) is 6. The third kappa shape index (κ3) is 4.87. The standard InChI is InChI=1S/C26H34N6O3/c1-3-18(2)21(19-9-10-19)15-22(33)30-13-11-26(35,12-14-30)16-31-17-27-24-23(25(31)34)28-29-32(24)20-7-5-4-6-8-20/h4-8,17-19,21,35H,3,9-16H2,1-2H3. The van der Waals surface area contributed by atoms with Crippen molar-refractivity contribution in [3.63, 3.8) is 0 Å². The topological polar surface area (TPSA) is 106 Å². The summed E-state index contributed by atoms with van der Waals surface area (Å²) in [5, 5.41) is 19.4. The lowest BCUT2D eigenvalue weighted by Gasteiger charge is -2.39. The summed E-state index contributed by atoms with van der Waals surface area (Å²) in [4.78, 5) is 32.4. The number of para-hydroxylation sites is 1. The van der Waals surface area contributed by atoms with Crippen LogP contribution in [0.2, 0.25) is 0 Å². The van der Waals surface area contributed by atoms with Crippen molar-refractivity contribution in [3.05, 3.63) is 47.0 Å². The number of aliphatic hydroxyl groups is 1. The Bertz CT molecular complexity index is 1240. The molecule has 2 aliphatic rings. The number of nitrogens with zero attached hydrogens (tertiary/aromatic N) is 6. The van der Waals surface area contributed by atoms with Crippen LogP contribution < -0.4 is 5.56 Å². The summed E-state index contributed by atoms with van der Waals surface area (Å²) in [6.45, 7) is 5.57. The molecular formula is C26H34N6O3. The number of likely N-dealkylation sites (tertiary alicyclic amines) is 1. The Morgan fingerprint density at radius 2 is 1.91 bits per heavy atom. The highest BCUT2D eigenvalue weighted by Crippen LogP contribution is 2.43. The van der Waals surface area contributed by atoms with Crippen molar-refractivity contribution in [2.75, 3.05) is 13.1 Å². The third-order valence-electron chi connectivity index (χ3n) is 7.95. The second-order valence-corrected chi connectivity index (χ2v) is 10.4. The minimum atomic E-state index is -1.07. The van der Waals surface area contributed by atoms with Gasteiger partial charge in [-0.25, -0.2) is 4.98 Å². The lowest BCUT2D eigenvalue weighted by molar-refractivity contribution is -0.137. The van der Waals surface area contributed by atoms with E-state index >= 15 is 0 Å². The number of aromatic nitrogens is 5. The van der Waals surface area contributed by atoms with Gasteiger partial charge in [0.2, 0.25) is 5.91 Å². The van der Waals surface area contributed by atoms with E-state index in [4.69, 9.17) is 0 Å². The summed E-state index contributed by atoms with van der Waals surface area (Å²) in [5.74, 6) is 1.92. The maximum atomic E-state index is 13.1. The van der Waals surface area contributed by atoms with Crippen molar-refractivity contribution < 1.29 is 9.90 Å². The molecule has 9 heteroatoms. The average molecular weight is 479 g/mol. The van der Waals surface area contributed by atoms with Crippen LogP contribution in [0.4, 0.5) is 0 Å². The van der Waals surface area contributed by atoms with Gasteiger partial charge in [0.05, 0.1) is 17.8 Å². The van der Waals surface area contributed by atoms with Crippen molar-refractivity contribution in [1.29, 1.82) is 0 Å². The zero-order valence-electron chi connectivity index (χ0n) is 20.5. The number of amides is 1. The molecular weight excluding hydrogens is 444 g/mol. The molecule has 0 spiro atoms. The first kappa shape index (κ1) is 23.7. The van der Waals surface area contributed by atoms with Gasteiger partial charge < -0.3 is 10.0 Å². The summed E-state index contributed by atoms with van der Waals surface area (Å²) >= 11 is 0. The maximum Gasteiger partial charge on any atom is 0.283 e. The van der Waals surface area contributed by atoms with E-state index in [1.54, 1.807) is 0 Å². The summed E-state index contributed by atoms with van der Waals surface area (Å²) in [7, 11) is 0. The fourth-order valence-electron chi connectivity index (χ4n) is 5.34. The minimum absolute atomic E-state index is 0.118. The molecule has 1 N–H and O–H groups in total. The van der Waals surface area contributed by atoms with Crippen molar-refractivity contribution in [2.45, 2.75) is 64.5 Å². The summed E-state index contributed by atoms with van der Waals surface area (Å²) in [6, 6.07) is 9.41. The molecule has 2 unspecified atom stereocenters. The number of benzene rings is 1. The van der Waals surface area contributed by atoms with Gasteiger partial charge in [-0.1, -0.05) is 43.7 Å². The van der Waals surface area contributed by atoms with E-state index in [1.807, 2.05) is 35.2 Å². The molecule has 9 nitrogen and oxygen atoms in total. The number of carbonyl (C=O) groups is 1. The molecule has 186 valence electrons. The molecule has 1 saturated carbocycles. The van der Waals surface area contributed by atoms with Gasteiger partial charge in [0.15, 0.2) is 11.2 Å². The Kier molecular flexibility index (Phi) is 6.44. The average Bonchev–Trinajstić information content (AvgIpc) is 3.62. The Hall–Kier alpha value is -3.07. The van der Waals surface area contributed by atoms with Crippen molar-refractivity contribution in [2.24, 2.45) is 17.8 Å². The van der Waals surface area contributed by atoms with Crippen LogP contribution >= 0.6 is 0 Å². The zero-order valence-corrected chi connectivity index (χ0v) is 20.5. The molecule has 3 aromatic rings. The van der Waals surface area contributed by atoms with Crippen LogP contribution in [-0.4, -0.2) is 59.1 Å². The van der Waals surface area contributed by atoms with Crippen LogP contribution in [0.5, 0.6) is 0 Å². The van der Waals surface area contributed by atoms with Gasteiger partial charge in [-0.05, 0) is 55.6 Å². The van der Waals surface area contributed by atoms with Crippen LogP contribution in [0.25, 0.3) is 16.9 Å². The molecule has 2 fully saturated rings. The van der Waals surface area contributed by atoms with E-state index in [-0.39, 0.29) is 23.5 Å². The monoisotopic (exact) mass is 478 g/mol. The largest absolute Gasteiger partial charge is 0.388 e. The SMILES string of the molecule is CCC(C)C(CC(=O)N1CCC(O)(Cn2cnc3c(nnn3-c3ccccc3)c2=O)CC1)C1CC1. The molecule has 2 aromatic heterocycles. The molecule has 2 atom stereocenters. The highest BCUT2D eigenvalue weighted by Gasteiger charge is 2.39. The van der Waals surface area contributed by atoms with Gasteiger partial charge in [-0.2, -0.15) is 4.68 Å². The van der Waals surface area contributed by atoms with Crippen molar-refractivity contribution in [3.8, 4) is 5.69 Å². The molecule has 35 heavy (non-hydrogen) atoms. The van der Waals surface area contributed by atoms with E-state index in [2.05, 4.69) is 29.1 Å². The van der Waals surface area contributed by atoms with E-state index in [9.17, 15) is 14.7 Å². The van der Waals surface area contributed by atoms with E-state index < -0.39 is 5.60 Å². The second kappa shape index (κ2) is 9.53. The quantitative estimate of drug-likeness (QED) is 0.534. The Labute approximate surface area is 204 Å². The molecule has 0 radical (unpaired) electrons. The van der Waals surface area contributed by atoms with Crippen LogP contribution in [0.15, 0.2) is 41.5 Å². The van der Waals surface area contributed by atoms with Gasteiger partial charge in [0.25, 0.3) is 5.56 Å². The molecule has 0 bridgehead atoms. The van der Waals surface area contributed by atoms with E-state index in [1.165, 1.54) is 28.4 Å². The van der Waals surface area contributed by atoms with Gasteiger partial charge >= 0.3 is 0 Å². The van der Waals surface area contributed by atoms with Crippen molar-refractivity contribution >= 4 is 17.1 Å². The van der Waals surface area contributed by atoms with Gasteiger partial charge in [0.1, 0.15) is 6.33 Å². The highest BCUT2D eigenvalue weighted by atomic mass is 16.3. The Morgan fingerprint density at radius 1 is 1.20 bits per heavy atom. The fourth-order valence-corrected chi connectivity index (χ4v) is 5.34. The van der Waals surface area contributed by atoms with Crippen molar-refractivity contribution in [1.82, 2.24) is 29.4 Å². The van der Waals surface area contributed by atoms with Gasteiger partial charge in [0, 0.05) is 19.5 Å². The predicted molar refractivity (Wildman–Crippen MR) is 132 cm³/mol. The highest BCUT2D eigenvalue weighted by molar-refractivity contribution is 5.76. The number of carbonyl (C=O) groups excluding carboxylic acids is 1. The van der Waals surface area contributed by atoms with Crippen LogP contribution in [0.3, 0.4) is 0 Å². The molecule has 1 aliphatic carbocycles. The summed E-state index contributed by atoms with van der Waals surface area (Å²) in [5.41, 5.74) is -0.0736. The molecule has 1 amide bonds. The normalized spacial score (nSPS) is 19.6. The first-order valence-electron chi connectivity index (χ1n) is 12.7. The molecule has 1 aliphatic heterocycles. The number of fused-ring (bicyclic) bond motifs is 1. The Balaban J connectivity index is 1.25. The summed E-state index contributed by atoms with van der Waals surface area (Å²) < 4.78 is 2.95. The van der Waals surface area contributed by atoms with E-state index in [0.29, 0.717) is 55.8 Å². The summed E-state index contributed by atoms with van der Waals surface area (Å²) in [6.07, 6.45) is 6.50. The first-order chi connectivity index (χ1) is 16.9. The fraction of sp³-hybridized carbons (Fsp3) is 0.577. The number of piperidine rings is 1. The maximum absolute atomic E-state index is 13.1. The lowest BCUT2D eigenvalue weighted by Crippen LogP contribution is -2.50. The predicted octanol–water partition coefficient (Wildman–Crippen LogP) is 2.79. The Morgan fingerprint density at radius 3 is 2.57 bits per heavy atom. The third-order valence-corrected chi connectivity index (χ3v) is 7.95. The van der Waals surface area contributed by atoms with Gasteiger partial charge in [-0.3, -0.25) is 14.2 Å². The molecule has 3 heterocycles. The molecule has 1 saturated heterocycles. The van der Waals surface area contributed by atoms with Crippen LogP contribution in [0.1, 0.15) is 52.4 Å². The zero-order chi connectivity index (χ0) is 24.6. The van der Waals surface area contributed by atoms with E-state index in [0.717, 1.165) is 12.1 Å². The number of rotatable bonds is 8. The molecule has 5 rings (SSSR count). The second-order valence-electron chi connectivity index (χ2n) is 10.4. The lowest BCUT2D eigenvalue weighted by atomic mass is 9.84. The van der Waals surface area contributed by atoms with Crippen LogP contribution in [-0.2, 0) is 11.3 Å². The van der Waals surface area contributed by atoms with Crippen LogP contribution in [0, 0.1) is 17.8 Å². The smallest absolute Gasteiger partial charge is 0.283 e. The molecule has 1 aromatic carbocycles. The first-order valence-corrected chi connectivity index (χ1v) is 12.7.